The number of aromatic nitrogens is 10. The number of nitrogen functional groups attached to an aromatic ring is 5. The van der Waals surface area contributed by atoms with Crippen LogP contribution in [0.2, 0.25) is 0 Å². The summed E-state index contributed by atoms with van der Waals surface area (Å²) in [5.41, 5.74) is 22.1. The SMILES string of the molecule is Nc1ccn([C@@H]2O[C@H](COP(=O)(O)O[C@H]3[C@@H](O)[C@H](n4ccc(N)nc4=O)O[C@@H]3COP(=O)(O)O[C@H]3[C@@H](O)[C@H](n4ccc(N)nc4=O)O[C@@H]3COP(=O)(O)O[C@H]3[C@@H](O)[C@H](n4ccc(N)nc4=O)O[C@@H]3COP(=O)(O)O[C@H]3[C@@H](O)[C@H](n4ccc(N)nc4=O)O[C@@H]3CO[P+](=O)O)[C@@H](O)[C@H]2O)c(=O)n1. The molecular formula is C45H61N15O35P5+. The zero-order chi connectivity index (χ0) is 72.8. The van der Waals surface area contributed by atoms with E-state index < -0.39 is 224 Å². The van der Waals surface area contributed by atoms with Crippen molar-refractivity contribution in [3.8, 4) is 0 Å². The van der Waals surface area contributed by atoms with Gasteiger partial charge in [0.05, 0.1) is 26.4 Å². The largest absolute Gasteiger partial charge is 0.694 e. The Hall–Kier alpha value is -6.58. The monoisotopic (exact) mass is 1530 g/mol. The van der Waals surface area contributed by atoms with Crippen LogP contribution >= 0.6 is 39.5 Å². The topological polar surface area (TPSA) is 742 Å². The van der Waals surface area contributed by atoms with Gasteiger partial charge in [0, 0.05) is 35.5 Å². The molecule has 50 nitrogen and oxygen atoms in total. The fourth-order valence-corrected chi connectivity index (χ4v) is 14.7. The summed E-state index contributed by atoms with van der Waals surface area (Å²) in [6.45, 7) is -6.19. The number of nitrogens with two attached hydrogens (primary N) is 5. The number of hydrogen-bond donors (Lipinski definition) is 16. The number of nitrogens with zero attached hydrogens (tertiary/aromatic N) is 10. The van der Waals surface area contributed by atoms with Crippen LogP contribution in [0.3, 0.4) is 0 Å². The molecular weight excluding hydrogens is 1470 g/mol. The molecule has 0 amide bonds. The van der Waals surface area contributed by atoms with E-state index in [0.717, 1.165) is 65.9 Å². The van der Waals surface area contributed by atoms with Crippen molar-refractivity contribution in [2.24, 2.45) is 0 Å². The van der Waals surface area contributed by atoms with Crippen molar-refractivity contribution in [2.45, 2.75) is 123 Å². The van der Waals surface area contributed by atoms with Crippen LogP contribution < -0.4 is 57.1 Å². The third-order valence-electron chi connectivity index (χ3n) is 15.2. The van der Waals surface area contributed by atoms with E-state index in [1.807, 2.05) is 0 Å². The lowest BCUT2D eigenvalue weighted by Gasteiger charge is -2.27. The average molecular weight is 1530 g/mol. The smallest absolute Gasteiger partial charge is 0.387 e. The highest BCUT2D eigenvalue weighted by Crippen LogP contribution is 2.55. The van der Waals surface area contributed by atoms with E-state index in [-0.39, 0.29) is 29.1 Å². The number of phosphoric acid groups is 4. The molecule has 0 radical (unpaired) electrons. The predicted octanol–water partition coefficient (Wildman–Crippen LogP) is -7.49. The van der Waals surface area contributed by atoms with E-state index in [0.29, 0.717) is 18.3 Å². The second-order valence-electron chi connectivity index (χ2n) is 21.9. The number of aliphatic hydroxyl groups excluding tert-OH is 6. The lowest BCUT2D eigenvalue weighted by Crippen LogP contribution is -2.39. The van der Waals surface area contributed by atoms with Gasteiger partial charge in [-0.2, -0.15) is 24.9 Å². The van der Waals surface area contributed by atoms with Gasteiger partial charge >= 0.3 is 68.0 Å². The van der Waals surface area contributed by atoms with Crippen LogP contribution in [0.15, 0.2) is 85.3 Å². The van der Waals surface area contributed by atoms with Crippen molar-refractivity contribution in [2.75, 3.05) is 61.7 Å². The Kier molecular flexibility index (Phi) is 23.1. The Morgan fingerprint density at radius 2 is 0.580 bits per heavy atom. The minimum atomic E-state index is -5.91. The van der Waals surface area contributed by atoms with Gasteiger partial charge in [0.25, 0.3) is 0 Å². The second-order valence-corrected chi connectivity index (χ2v) is 28.2. The Bertz CT molecular complexity index is 4350. The first-order valence-corrected chi connectivity index (χ1v) is 35.5. The fraction of sp³-hybridized carbons (Fsp3) is 0.556. The standard InChI is InChI=1S/C45H60N15O35P5/c46-21-1-6-56(41(67)51-21)36-27(62)26(61)16(87-36)12-83-97(74,75)93-33-18(89-38(29(33)64)58-8-3-23(48)53-43(58)69)14-85-99(78,79)95-35-20(91-40(31(35)66)60-10-5-25(50)55-45(60)71)15-86-100(80,81)94-34-19(90-39(30(34)65)59-9-4-24(49)54-44(59)70)13-84-98(76,77)92-32-17(11-82-96(72)73)88-37(28(32)63)57-7-2-22(47)52-42(57)68/h1-10,16-20,26-40,61-66H,11-15H2,(H14-,46,47,48,49,50,51,52,53,54,55,67,68,69,70,71,72,73,74,75,76,77,78,79,80,81)/p+1/t16-,17-,18-,19-,20-,26-,27-,28-,29-,30-,31-,32-,33-,34-,35-,36-,37-,38-,39-,40-/m1/s1. The molecule has 550 valence electrons. The first-order chi connectivity index (χ1) is 46.9. The van der Waals surface area contributed by atoms with Crippen LogP contribution in [0, 0.1) is 0 Å². The van der Waals surface area contributed by atoms with Crippen molar-refractivity contribution >= 4 is 68.6 Å². The van der Waals surface area contributed by atoms with Crippen LogP contribution in [0.1, 0.15) is 31.1 Å². The van der Waals surface area contributed by atoms with E-state index >= 15 is 0 Å². The molecule has 10 rings (SSSR count). The maximum absolute atomic E-state index is 14.1. The van der Waals surface area contributed by atoms with Gasteiger partial charge in [-0.1, -0.05) is 0 Å². The highest BCUT2D eigenvalue weighted by molar-refractivity contribution is 7.48. The molecule has 25 atom stereocenters. The molecule has 100 heavy (non-hydrogen) atoms. The molecule has 5 saturated heterocycles. The molecule has 5 aliphatic rings. The normalized spacial score (nSPS) is 33.2. The van der Waals surface area contributed by atoms with Gasteiger partial charge in [0.2, 0.25) is 0 Å². The molecule has 5 aromatic heterocycles. The molecule has 0 aliphatic carbocycles. The summed E-state index contributed by atoms with van der Waals surface area (Å²) in [6, 6.07) is 5.37. The highest BCUT2D eigenvalue weighted by Gasteiger charge is 2.56. The minimum Gasteiger partial charge on any atom is -0.387 e. The van der Waals surface area contributed by atoms with Crippen LogP contribution in [-0.2, 0) is 87.2 Å². The number of phosphoric ester groups is 4. The molecule has 5 aliphatic heterocycles. The van der Waals surface area contributed by atoms with E-state index in [2.05, 4.69) is 29.4 Å². The van der Waals surface area contributed by atoms with Crippen molar-refractivity contribution in [3.05, 3.63) is 114 Å². The summed E-state index contributed by atoms with van der Waals surface area (Å²) in [5.74, 6) is -1.52. The molecule has 0 bridgehead atoms. The quantitative estimate of drug-likeness (QED) is 0.0207. The molecule has 5 unspecified atom stereocenters. The summed E-state index contributed by atoms with van der Waals surface area (Å²) in [5, 5.41) is 67.5. The van der Waals surface area contributed by atoms with Crippen LogP contribution in [-0.4, -0.2) is 227 Å². The van der Waals surface area contributed by atoms with Gasteiger partial charge in [0.15, 0.2) is 31.1 Å². The Labute approximate surface area is 555 Å². The molecule has 0 saturated carbocycles. The Balaban J connectivity index is 0.854. The second kappa shape index (κ2) is 30.4. The van der Waals surface area contributed by atoms with E-state index in [1.165, 1.54) is 0 Å². The van der Waals surface area contributed by atoms with Crippen molar-refractivity contribution < 1.29 is 142 Å². The third kappa shape index (κ3) is 17.4. The predicted molar refractivity (Wildman–Crippen MR) is 319 cm³/mol. The Morgan fingerprint density at radius 3 is 0.810 bits per heavy atom. The molecule has 0 spiro atoms. The van der Waals surface area contributed by atoms with Gasteiger partial charge in [-0.25, -0.2) is 42.2 Å². The maximum Gasteiger partial charge on any atom is 0.694 e. The van der Waals surface area contributed by atoms with Crippen molar-refractivity contribution in [1.82, 2.24) is 47.8 Å². The number of rotatable bonds is 28. The average Bonchev–Trinajstić information content (AvgIpc) is 1.65. The van der Waals surface area contributed by atoms with Gasteiger partial charge in [-0.05, 0) is 30.3 Å². The zero-order valence-corrected chi connectivity index (χ0v) is 54.6. The molecule has 5 fully saturated rings. The van der Waals surface area contributed by atoms with E-state index in [4.69, 9.17) is 88.5 Å². The fourth-order valence-electron chi connectivity index (χ4n) is 10.6. The number of aliphatic hydroxyl groups is 6. The lowest BCUT2D eigenvalue weighted by atomic mass is 10.1. The minimum absolute atomic E-state index is 0.211. The summed E-state index contributed by atoms with van der Waals surface area (Å²) in [6.07, 6.45) is -36.2. The molecule has 0 aromatic carbocycles. The van der Waals surface area contributed by atoms with Crippen molar-refractivity contribution in [1.29, 1.82) is 0 Å². The van der Waals surface area contributed by atoms with Crippen LogP contribution in [0.5, 0.6) is 0 Å². The number of anilines is 5. The van der Waals surface area contributed by atoms with Crippen LogP contribution in [0.4, 0.5) is 29.1 Å². The van der Waals surface area contributed by atoms with Gasteiger partial charge < -0.3 is 103 Å². The number of hydrogen-bond acceptors (Lipinski definition) is 40. The molecule has 21 N–H and O–H groups in total. The lowest BCUT2D eigenvalue weighted by molar-refractivity contribution is -0.0663. The van der Waals surface area contributed by atoms with Gasteiger partial charge in [0.1, 0.15) is 127 Å². The number of ether oxygens (including phenoxy) is 5. The van der Waals surface area contributed by atoms with Gasteiger partial charge in [-0.3, -0.25) is 59.0 Å². The van der Waals surface area contributed by atoms with E-state index in [1.54, 1.807) is 0 Å². The first kappa shape index (κ1) is 76.1. The van der Waals surface area contributed by atoms with E-state index in [9.17, 15) is 102 Å². The summed E-state index contributed by atoms with van der Waals surface area (Å²) in [7, 11) is -26.5. The molecule has 55 heteroatoms. The van der Waals surface area contributed by atoms with Gasteiger partial charge in [-0.15, -0.1) is 9.42 Å². The maximum atomic E-state index is 14.1. The zero-order valence-electron chi connectivity index (χ0n) is 50.2. The molecule has 5 aromatic rings. The first-order valence-electron chi connectivity index (χ1n) is 28.4. The summed E-state index contributed by atoms with van der Waals surface area (Å²) in [4.78, 5) is 136. The molecule has 10 heterocycles. The van der Waals surface area contributed by atoms with Crippen LogP contribution in [0.25, 0.3) is 0 Å². The summed E-state index contributed by atoms with van der Waals surface area (Å²) < 4.78 is 145. The summed E-state index contributed by atoms with van der Waals surface area (Å²) >= 11 is 0. The third-order valence-corrected chi connectivity index (χ3v) is 19.5. The van der Waals surface area contributed by atoms with Crippen molar-refractivity contribution in [3.63, 3.8) is 0 Å². The Morgan fingerprint density at radius 1 is 0.370 bits per heavy atom. The highest BCUT2D eigenvalue weighted by atomic mass is 31.2.